The zero-order chi connectivity index (χ0) is 16.2. The number of carbonyl (C=O) groups excluding carboxylic acids is 1. The van der Waals surface area contributed by atoms with E-state index in [1.807, 2.05) is 0 Å². The average Bonchev–Trinajstić information content (AvgIpc) is 2.35. The predicted octanol–water partition coefficient (Wildman–Crippen LogP) is 2.05. The first kappa shape index (κ1) is 16.6. The Balaban J connectivity index is 2.90. The maximum Gasteiger partial charge on any atom is 0.335 e. The highest BCUT2D eigenvalue weighted by atomic mass is 16.6. The van der Waals surface area contributed by atoms with Gasteiger partial charge in [0.1, 0.15) is 12.3 Å². The van der Waals surface area contributed by atoms with Crippen molar-refractivity contribution in [2.75, 3.05) is 11.9 Å². The van der Waals surface area contributed by atoms with Crippen LogP contribution in [0.15, 0.2) is 18.2 Å². The number of carbonyl (C=O) groups is 2. The number of rotatable bonds is 5. The van der Waals surface area contributed by atoms with Gasteiger partial charge in [-0.2, -0.15) is 0 Å². The van der Waals surface area contributed by atoms with Crippen LogP contribution in [-0.4, -0.2) is 34.1 Å². The van der Waals surface area contributed by atoms with Crippen molar-refractivity contribution in [3.05, 3.63) is 33.9 Å². The summed E-state index contributed by atoms with van der Waals surface area (Å²) in [5.74, 6) is -1.84. The van der Waals surface area contributed by atoms with E-state index in [9.17, 15) is 19.7 Å². The molecule has 114 valence electrons. The molecule has 0 atom stereocenters. The van der Waals surface area contributed by atoms with Crippen molar-refractivity contribution in [2.24, 2.45) is 0 Å². The van der Waals surface area contributed by atoms with Crippen molar-refractivity contribution in [3.8, 4) is 0 Å². The van der Waals surface area contributed by atoms with Crippen LogP contribution in [0.3, 0.4) is 0 Å². The number of hydrogen-bond donors (Lipinski definition) is 2. The molecule has 1 aromatic rings. The molecule has 0 heterocycles. The first-order chi connectivity index (χ1) is 9.60. The van der Waals surface area contributed by atoms with E-state index in [2.05, 4.69) is 5.32 Å². The van der Waals surface area contributed by atoms with Crippen LogP contribution >= 0.6 is 0 Å². The monoisotopic (exact) mass is 296 g/mol. The lowest BCUT2D eigenvalue weighted by atomic mass is 10.1. The van der Waals surface area contributed by atoms with E-state index in [-0.39, 0.29) is 17.9 Å². The van der Waals surface area contributed by atoms with Crippen LogP contribution in [0, 0.1) is 10.1 Å². The molecule has 0 fully saturated rings. The van der Waals surface area contributed by atoms with E-state index in [1.54, 1.807) is 20.8 Å². The van der Waals surface area contributed by atoms with Crippen LogP contribution in [-0.2, 0) is 9.53 Å². The highest BCUT2D eigenvalue weighted by molar-refractivity contribution is 5.96. The van der Waals surface area contributed by atoms with E-state index >= 15 is 0 Å². The highest BCUT2D eigenvalue weighted by Gasteiger charge is 2.20. The first-order valence-corrected chi connectivity index (χ1v) is 6.05. The molecular weight excluding hydrogens is 280 g/mol. The minimum absolute atomic E-state index is 0.0764. The normalized spacial score (nSPS) is 11.0. The standard InChI is InChI=1S/C13H16N2O6/c1-13(2,3)21-7-11(16)14-9-5-4-8(12(17)18)6-10(9)15(19)20/h4-6H,7H2,1-3H3,(H,14,16)(H,17,18). The molecule has 21 heavy (non-hydrogen) atoms. The van der Waals surface area contributed by atoms with E-state index in [1.165, 1.54) is 12.1 Å². The van der Waals surface area contributed by atoms with Gasteiger partial charge in [-0.3, -0.25) is 14.9 Å². The van der Waals surface area contributed by atoms with Gasteiger partial charge in [0, 0.05) is 6.07 Å². The van der Waals surface area contributed by atoms with Crippen LogP contribution in [0.25, 0.3) is 0 Å². The summed E-state index contributed by atoms with van der Waals surface area (Å²) in [5.41, 5.74) is -1.31. The summed E-state index contributed by atoms with van der Waals surface area (Å²) < 4.78 is 5.25. The zero-order valence-electron chi connectivity index (χ0n) is 11.9. The van der Waals surface area contributed by atoms with Gasteiger partial charge in [0.2, 0.25) is 0 Å². The lowest BCUT2D eigenvalue weighted by Crippen LogP contribution is -2.27. The van der Waals surface area contributed by atoms with Gasteiger partial charge in [0.25, 0.3) is 11.6 Å². The fraction of sp³-hybridized carbons (Fsp3) is 0.385. The Labute approximate surface area is 120 Å². The third kappa shape index (κ3) is 5.19. The van der Waals surface area contributed by atoms with Crippen molar-refractivity contribution in [3.63, 3.8) is 0 Å². The topological polar surface area (TPSA) is 119 Å². The van der Waals surface area contributed by atoms with E-state index in [0.29, 0.717) is 0 Å². The number of nitro benzene ring substituents is 1. The smallest absolute Gasteiger partial charge is 0.335 e. The van der Waals surface area contributed by atoms with Crippen LogP contribution < -0.4 is 5.32 Å². The summed E-state index contributed by atoms with van der Waals surface area (Å²) >= 11 is 0. The van der Waals surface area contributed by atoms with Crippen molar-refractivity contribution in [1.82, 2.24) is 0 Å². The molecule has 8 heteroatoms. The molecule has 0 aliphatic heterocycles. The van der Waals surface area contributed by atoms with Gasteiger partial charge in [-0.1, -0.05) is 0 Å². The summed E-state index contributed by atoms with van der Waals surface area (Å²) in [4.78, 5) is 32.6. The molecule has 0 aromatic heterocycles. The van der Waals surface area contributed by atoms with Gasteiger partial charge in [-0.25, -0.2) is 4.79 Å². The van der Waals surface area contributed by atoms with Crippen LogP contribution in [0.1, 0.15) is 31.1 Å². The Hall–Kier alpha value is -2.48. The Kier molecular flexibility index (Phi) is 4.98. The fourth-order valence-corrected chi connectivity index (χ4v) is 1.39. The fourth-order valence-electron chi connectivity index (χ4n) is 1.39. The van der Waals surface area contributed by atoms with Gasteiger partial charge < -0.3 is 15.2 Å². The minimum atomic E-state index is -1.29. The number of benzene rings is 1. The van der Waals surface area contributed by atoms with Gasteiger partial charge >= 0.3 is 5.97 Å². The molecule has 0 bridgehead atoms. The largest absolute Gasteiger partial charge is 0.478 e. The summed E-state index contributed by atoms with van der Waals surface area (Å²) in [6.07, 6.45) is 0. The Morgan fingerprint density at radius 1 is 1.38 bits per heavy atom. The van der Waals surface area contributed by atoms with Gasteiger partial charge in [-0.15, -0.1) is 0 Å². The molecule has 0 saturated carbocycles. The second-order valence-corrected chi connectivity index (χ2v) is 5.24. The number of ether oxygens (including phenoxy) is 1. The third-order valence-corrected chi connectivity index (χ3v) is 2.35. The molecule has 1 rings (SSSR count). The van der Waals surface area contributed by atoms with E-state index < -0.39 is 28.1 Å². The third-order valence-electron chi connectivity index (χ3n) is 2.35. The van der Waals surface area contributed by atoms with E-state index in [0.717, 1.165) is 6.07 Å². The molecule has 0 radical (unpaired) electrons. The van der Waals surface area contributed by atoms with E-state index in [4.69, 9.17) is 9.84 Å². The van der Waals surface area contributed by atoms with Crippen LogP contribution in [0.4, 0.5) is 11.4 Å². The molecular formula is C13H16N2O6. The van der Waals surface area contributed by atoms with Crippen molar-refractivity contribution >= 4 is 23.3 Å². The highest BCUT2D eigenvalue weighted by Crippen LogP contribution is 2.25. The number of nitrogens with zero attached hydrogens (tertiary/aromatic N) is 1. The number of amides is 1. The molecule has 0 saturated heterocycles. The lowest BCUT2D eigenvalue weighted by molar-refractivity contribution is -0.384. The Bertz CT molecular complexity index is 577. The average molecular weight is 296 g/mol. The number of carboxylic acids is 1. The molecule has 0 aliphatic carbocycles. The zero-order valence-corrected chi connectivity index (χ0v) is 11.9. The van der Waals surface area contributed by atoms with Crippen LogP contribution in [0.5, 0.6) is 0 Å². The second kappa shape index (κ2) is 6.31. The number of aromatic carboxylic acids is 1. The number of anilines is 1. The molecule has 8 nitrogen and oxygen atoms in total. The van der Waals surface area contributed by atoms with Gasteiger partial charge in [0.05, 0.1) is 16.1 Å². The maximum absolute atomic E-state index is 11.7. The molecule has 0 unspecified atom stereocenters. The number of hydrogen-bond acceptors (Lipinski definition) is 5. The molecule has 0 spiro atoms. The van der Waals surface area contributed by atoms with Crippen molar-refractivity contribution in [2.45, 2.75) is 26.4 Å². The Morgan fingerprint density at radius 2 is 2.00 bits per heavy atom. The van der Waals surface area contributed by atoms with Crippen LogP contribution in [0.2, 0.25) is 0 Å². The number of nitro groups is 1. The quantitative estimate of drug-likeness (QED) is 0.634. The SMILES string of the molecule is CC(C)(C)OCC(=O)Nc1ccc(C(=O)O)cc1[N+](=O)[O-]. The number of carboxylic acid groups (broad SMARTS) is 1. The van der Waals surface area contributed by atoms with Gasteiger partial charge in [-0.05, 0) is 32.9 Å². The predicted molar refractivity (Wildman–Crippen MR) is 74.4 cm³/mol. The maximum atomic E-state index is 11.7. The summed E-state index contributed by atoms with van der Waals surface area (Å²) in [6.45, 7) is 5.04. The first-order valence-electron chi connectivity index (χ1n) is 6.05. The second-order valence-electron chi connectivity index (χ2n) is 5.24. The molecule has 2 N–H and O–H groups in total. The van der Waals surface area contributed by atoms with Crippen molar-refractivity contribution < 1.29 is 24.4 Å². The number of nitrogens with one attached hydrogen (secondary N) is 1. The summed E-state index contributed by atoms with van der Waals surface area (Å²) in [6, 6.07) is 3.24. The van der Waals surface area contributed by atoms with Gasteiger partial charge in [0.15, 0.2) is 0 Å². The van der Waals surface area contributed by atoms with Crippen molar-refractivity contribution in [1.29, 1.82) is 0 Å². The minimum Gasteiger partial charge on any atom is -0.478 e. The Morgan fingerprint density at radius 3 is 2.48 bits per heavy atom. The summed E-state index contributed by atoms with van der Waals surface area (Å²) in [7, 11) is 0. The molecule has 0 aliphatic rings. The summed E-state index contributed by atoms with van der Waals surface area (Å²) in [5, 5.41) is 22.1. The molecule has 1 amide bonds. The lowest BCUT2D eigenvalue weighted by Gasteiger charge is -2.18. The molecule has 1 aromatic carbocycles.